The third kappa shape index (κ3) is 7.62. The molecular weight excluding hydrogens is 646 g/mol. The molecule has 1 N–H and O–H groups in total. The van der Waals surface area contributed by atoms with Gasteiger partial charge in [0.2, 0.25) is 17.7 Å². The van der Waals surface area contributed by atoms with E-state index >= 15 is 0 Å². The van der Waals surface area contributed by atoms with E-state index in [2.05, 4.69) is 16.3 Å². The maximum absolute atomic E-state index is 14.0. The number of likely N-dealkylation sites (tertiary alicyclic amines) is 1. The minimum atomic E-state index is -0.943. The smallest absolute Gasteiger partial charge is 0.287 e. The first-order valence-electron chi connectivity index (χ1n) is 16.3. The minimum absolute atomic E-state index is 0.175. The van der Waals surface area contributed by atoms with Crippen LogP contribution in [0.4, 0.5) is 11.4 Å². The first-order valence-corrected chi connectivity index (χ1v) is 16.7. The Morgan fingerprint density at radius 3 is 2.37 bits per heavy atom. The van der Waals surface area contributed by atoms with Crippen LogP contribution in [-0.2, 0) is 27.3 Å². The highest BCUT2D eigenvalue weighted by Crippen LogP contribution is 2.26. The monoisotopic (exact) mass is 683 g/mol. The summed E-state index contributed by atoms with van der Waals surface area (Å²) in [5, 5.41) is 3.60. The lowest BCUT2D eigenvalue weighted by Gasteiger charge is -2.38. The molecule has 0 bridgehead atoms. The van der Waals surface area contributed by atoms with Crippen LogP contribution >= 0.6 is 11.6 Å². The van der Waals surface area contributed by atoms with Gasteiger partial charge in [0, 0.05) is 88.5 Å². The fourth-order valence-electron chi connectivity index (χ4n) is 6.35. The molecule has 0 saturated carbocycles. The maximum atomic E-state index is 14.0. The topological polar surface area (TPSA) is 123 Å². The summed E-state index contributed by atoms with van der Waals surface area (Å²) in [7, 11) is 1.60. The van der Waals surface area contributed by atoms with Gasteiger partial charge in [-0.25, -0.2) is 0 Å². The first kappa shape index (κ1) is 33.7. The van der Waals surface area contributed by atoms with Gasteiger partial charge in [0.1, 0.15) is 11.6 Å². The van der Waals surface area contributed by atoms with Gasteiger partial charge in [0.05, 0.1) is 5.39 Å². The van der Waals surface area contributed by atoms with Crippen molar-refractivity contribution in [3.63, 3.8) is 0 Å². The minimum Gasteiger partial charge on any atom is -0.451 e. The van der Waals surface area contributed by atoms with Gasteiger partial charge in [0.25, 0.3) is 5.91 Å². The summed E-state index contributed by atoms with van der Waals surface area (Å²) in [5.41, 5.74) is 3.18. The third-order valence-corrected chi connectivity index (χ3v) is 9.46. The molecule has 0 aliphatic carbocycles. The molecule has 11 nitrogen and oxygen atoms in total. The fourth-order valence-corrected chi connectivity index (χ4v) is 6.48. The van der Waals surface area contributed by atoms with Crippen molar-refractivity contribution in [2.75, 3.05) is 49.6 Å². The summed E-state index contributed by atoms with van der Waals surface area (Å²) in [6.45, 7) is 4.78. The molecule has 2 aliphatic heterocycles. The second-order valence-electron chi connectivity index (χ2n) is 12.4. The molecule has 4 amide bonds. The molecule has 1 aromatic heterocycles. The number of carbonyl (C=O) groups is 4. The Kier molecular flexibility index (Phi) is 10.0. The predicted octanol–water partition coefficient (Wildman–Crippen LogP) is 4.24. The standard InChI is InChI=1S/C37H38ClN5O6/c1-24(44)40(2)28-13-14-33-29(21-28)32(45)22-34(49-33)36(47)39-30(20-25-9-11-27(38)12-10-25)37(48)42-18-16-41(17-19-42)31-7-4-3-6-26(31)23-43-15-5-8-35(43)46/h3-4,6-7,9-14,21-22,30H,5,8,15-20,23H2,1-2H3,(H,39,47)/t30-/m0/s1. The van der Waals surface area contributed by atoms with Crippen molar-refractivity contribution in [2.24, 2.45) is 0 Å². The van der Waals surface area contributed by atoms with E-state index in [0.29, 0.717) is 49.9 Å². The lowest BCUT2D eigenvalue weighted by atomic mass is 10.0. The molecule has 12 heteroatoms. The molecule has 49 heavy (non-hydrogen) atoms. The van der Waals surface area contributed by atoms with Crippen LogP contribution in [0.3, 0.4) is 0 Å². The molecule has 0 unspecified atom stereocenters. The largest absolute Gasteiger partial charge is 0.451 e. The lowest BCUT2D eigenvalue weighted by Crippen LogP contribution is -2.55. The molecular formula is C37H38ClN5O6. The van der Waals surface area contributed by atoms with Crippen LogP contribution in [0.15, 0.2) is 82.0 Å². The van der Waals surface area contributed by atoms with Crippen molar-refractivity contribution in [2.45, 2.75) is 38.8 Å². The number of hydrogen-bond acceptors (Lipinski definition) is 7. The van der Waals surface area contributed by atoms with Gasteiger partial charge < -0.3 is 29.3 Å². The molecule has 4 aromatic rings. The first-order chi connectivity index (χ1) is 23.6. The number of carbonyl (C=O) groups excluding carboxylic acids is 4. The van der Waals surface area contributed by atoms with Gasteiger partial charge in [-0.05, 0) is 53.9 Å². The summed E-state index contributed by atoms with van der Waals surface area (Å²) < 4.78 is 5.83. The van der Waals surface area contributed by atoms with Crippen LogP contribution in [0.2, 0.25) is 5.02 Å². The summed E-state index contributed by atoms with van der Waals surface area (Å²) in [6.07, 6.45) is 1.67. The van der Waals surface area contributed by atoms with Crippen LogP contribution in [0.25, 0.3) is 11.0 Å². The average molecular weight is 684 g/mol. The molecule has 6 rings (SSSR count). The summed E-state index contributed by atoms with van der Waals surface area (Å²) >= 11 is 6.10. The number of amides is 4. The van der Waals surface area contributed by atoms with E-state index in [4.69, 9.17) is 16.0 Å². The zero-order valence-electron chi connectivity index (χ0n) is 27.5. The quantitative estimate of drug-likeness (QED) is 0.280. The number of anilines is 2. The van der Waals surface area contributed by atoms with Crippen molar-refractivity contribution in [3.05, 3.63) is 105 Å². The summed E-state index contributed by atoms with van der Waals surface area (Å²) in [5.74, 6) is -1.19. The number of halogens is 1. The van der Waals surface area contributed by atoms with E-state index < -0.39 is 17.4 Å². The van der Waals surface area contributed by atoms with Gasteiger partial charge >= 0.3 is 0 Å². The van der Waals surface area contributed by atoms with Gasteiger partial charge in [-0.1, -0.05) is 41.9 Å². The molecule has 2 saturated heterocycles. The number of para-hydroxylation sites is 1. The van der Waals surface area contributed by atoms with E-state index in [0.717, 1.165) is 35.8 Å². The number of nitrogens with one attached hydrogen (secondary N) is 1. The normalized spacial score (nSPS) is 15.4. The third-order valence-electron chi connectivity index (χ3n) is 9.21. The molecule has 3 aromatic carbocycles. The average Bonchev–Trinajstić information content (AvgIpc) is 3.51. The zero-order chi connectivity index (χ0) is 34.7. The highest BCUT2D eigenvalue weighted by molar-refractivity contribution is 6.30. The number of nitrogens with zero attached hydrogens (tertiary/aromatic N) is 4. The molecule has 2 fully saturated rings. The predicted molar refractivity (Wildman–Crippen MR) is 188 cm³/mol. The zero-order valence-corrected chi connectivity index (χ0v) is 28.2. The van der Waals surface area contributed by atoms with Crippen LogP contribution in [0.5, 0.6) is 0 Å². The number of rotatable bonds is 9. The van der Waals surface area contributed by atoms with Gasteiger partial charge in [0.15, 0.2) is 11.2 Å². The van der Waals surface area contributed by atoms with Crippen LogP contribution in [-0.4, -0.2) is 79.2 Å². The van der Waals surface area contributed by atoms with Crippen LogP contribution in [0.1, 0.15) is 41.4 Å². The highest BCUT2D eigenvalue weighted by atomic mass is 35.5. The van der Waals surface area contributed by atoms with E-state index in [1.807, 2.05) is 23.1 Å². The van der Waals surface area contributed by atoms with Gasteiger partial charge in [-0.2, -0.15) is 0 Å². The molecule has 3 heterocycles. The Morgan fingerprint density at radius 2 is 1.67 bits per heavy atom. The number of benzene rings is 3. The second-order valence-corrected chi connectivity index (χ2v) is 12.9. The molecule has 1 atom stereocenters. The summed E-state index contributed by atoms with van der Waals surface area (Å²) in [4.78, 5) is 72.1. The van der Waals surface area contributed by atoms with Crippen molar-refractivity contribution in [3.8, 4) is 0 Å². The highest BCUT2D eigenvalue weighted by Gasteiger charge is 2.31. The van der Waals surface area contributed by atoms with E-state index in [1.165, 1.54) is 11.8 Å². The second kappa shape index (κ2) is 14.5. The van der Waals surface area contributed by atoms with Crippen LogP contribution in [0, 0.1) is 0 Å². The van der Waals surface area contributed by atoms with Crippen molar-refractivity contribution >= 4 is 57.6 Å². The Balaban J connectivity index is 1.19. The van der Waals surface area contributed by atoms with Crippen molar-refractivity contribution in [1.82, 2.24) is 15.1 Å². The number of piperazine rings is 1. The fraction of sp³-hybridized carbons (Fsp3) is 0.324. The van der Waals surface area contributed by atoms with E-state index in [-0.39, 0.29) is 40.9 Å². The Morgan fingerprint density at radius 1 is 0.939 bits per heavy atom. The Hall–Kier alpha value is -5.16. The number of fused-ring (bicyclic) bond motifs is 1. The van der Waals surface area contributed by atoms with Crippen molar-refractivity contribution < 1.29 is 23.6 Å². The molecule has 0 spiro atoms. The Bertz CT molecular complexity index is 1950. The lowest BCUT2D eigenvalue weighted by molar-refractivity contribution is -0.133. The molecule has 2 aliphatic rings. The molecule has 0 radical (unpaired) electrons. The van der Waals surface area contributed by atoms with Gasteiger partial charge in [-0.15, -0.1) is 0 Å². The van der Waals surface area contributed by atoms with Crippen LogP contribution < -0.4 is 20.5 Å². The van der Waals surface area contributed by atoms with E-state index in [9.17, 15) is 24.0 Å². The SMILES string of the molecule is CC(=O)N(C)c1ccc2oc(C(=O)N[C@@H](Cc3ccc(Cl)cc3)C(=O)N3CCN(c4ccccc4CN4CCCC4=O)CC3)cc(=O)c2c1. The van der Waals surface area contributed by atoms with Gasteiger partial charge in [-0.3, -0.25) is 24.0 Å². The Labute approximate surface area is 289 Å². The number of hydrogen-bond donors (Lipinski definition) is 1. The van der Waals surface area contributed by atoms with E-state index in [1.54, 1.807) is 54.4 Å². The van der Waals surface area contributed by atoms with Crippen molar-refractivity contribution in [1.29, 1.82) is 0 Å². The molecule has 254 valence electrons. The summed E-state index contributed by atoms with van der Waals surface area (Å²) in [6, 6.07) is 20.0. The maximum Gasteiger partial charge on any atom is 0.287 e.